The molecule has 0 atom stereocenters. The first-order chi connectivity index (χ1) is 7.47. The van der Waals surface area contributed by atoms with E-state index in [-0.39, 0.29) is 12.0 Å². The Balaban J connectivity index is 3.36. The van der Waals surface area contributed by atoms with Gasteiger partial charge in [-0.2, -0.15) is 0 Å². The molecule has 0 saturated heterocycles. The second kappa shape index (κ2) is 5.16. The first kappa shape index (κ1) is 12.8. The lowest BCUT2D eigenvalue weighted by Crippen LogP contribution is -2.18. The summed E-state index contributed by atoms with van der Waals surface area (Å²) < 4.78 is 0. The molecule has 0 spiro atoms. The van der Waals surface area contributed by atoms with Crippen molar-refractivity contribution in [1.29, 1.82) is 0 Å². The number of benzene rings is 1. The molecular formula is C15H20O. The minimum Gasteiger partial charge on any atom is -0.395 e. The van der Waals surface area contributed by atoms with Crippen LogP contribution in [0.1, 0.15) is 33.3 Å². The van der Waals surface area contributed by atoms with Crippen LogP contribution >= 0.6 is 0 Å². The van der Waals surface area contributed by atoms with E-state index < -0.39 is 0 Å². The van der Waals surface area contributed by atoms with Crippen LogP contribution in [0.3, 0.4) is 0 Å². The largest absolute Gasteiger partial charge is 0.395 e. The molecule has 1 nitrogen and oxygen atoms in total. The van der Waals surface area contributed by atoms with E-state index in [2.05, 4.69) is 17.9 Å². The van der Waals surface area contributed by atoms with E-state index in [1.807, 2.05) is 45.9 Å². The highest BCUT2D eigenvalue weighted by Crippen LogP contribution is 2.33. The Hall–Kier alpha value is -1.30. The van der Waals surface area contributed by atoms with Gasteiger partial charge in [-0.1, -0.05) is 44.2 Å². The maximum absolute atomic E-state index is 9.47. The molecule has 86 valence electrons. The number of hydrogen-bond acceptors (Lipinski definition) is 1. The average molecular weight is 216 g/mol. The lowest BCUT2D eigenvalue weighted by atomic mass is 9.81. The van der Waals surface area contributed by atoms with Crippen LogP contribution < -0.4 is 0 Å². The molecule has 0 radical (unpaired) electrons. The quantitative estimate of drug-likeness (QED) is 0.765. The first-order valence-electron chi connectivity index (χ1n) is 5.58. The van der Waals surface area contributed by atoms with Crippen LogP contribution in [0.2, 0.25) is 0 Å². The Kier molecular flexibility index (Phi) is 4.12. The SMILES string of the molecule is CC(C)=C=C(c1ccccc1)C(C)(C)CO. The number of aliphatic hydroxyl groups excluding tert-OH is 1. The van der Waals surface area contributed by atoms with E-state index in [1.54, 1.807) is 0 Å². The summed E-state index contributed by atoms with van der Waals surface area (Å²) in [6.07, 6.45) is 0. The zero-order chi connectivity index (χ0) is 12.2. The van der Waals surface area contributed by atoms with Crippen LogP contribution in [-0.2, 0) is 0 Å². The van der Waals surface area contributed by atoms with Gasteiger partial charge in [0.1, 0.15) is 0 Å². The van der Waals surface area contributed by atoms with Gasteiger partial charge >= 0.3 is 0 Å². The Morgan fingerprint density at radius 3 is 2.19 bits per heavy atom. The molecule has 0 aliphatic heterocycles. The number of aliphatic hydroxyl groups is 1. The molecule has 0 aromatic heterocycles. The monoisotopic (exact) mass is 216 g/mol. The van der Waals surface area contributed by atoms with Gasteiger partial charge in [-0.05, 0) is 25.0 Å². The average Bonchev–Trinajstić information content (AvgIpc) is 2.27. The van der Waals surface area contributed by atoms with Crippen molar-refractivity contribution in [2.45, 2.75) is 27.7 Å². The molecule has 0 bridgehead atoms. The summed E-state index contributed by atoms with van der Waals surface area (Å²) in [6.45, 7) is 8.24. The molecule has 0 aliphatic carbocycles. The summed E-state index contributed by atoms with van der Waals surface area (Å²) in [4.78, 5) is 0. The van der Waals surface area contributed by atoms with Crippen molar-refractivity contribution in [2.75, 3.05) is 6.61 Å². The van der Waals surface area contributed by atoms with Crippen molar-refractivity contribution >= 4 is 5.57 Å². The Bertz CT molecular complexity index is 402. The van der Waals surface area contributed by atoms with Gasteiger partial charge in [0.15, 0.2) is 0 Å². The van der Waals surface area contributed by atoms with Gasteiger partial charge in [-0.15, -0.1) is 5.73 Å². The third-order valence-corrected chi connectivity index (χ3v) is 2.51. The summed E-state index contributed by atoms with van der Waals surface area (Å²) in [5, 5.41) is 9.47. The smallest absolute Gasteiger partial charge is 0.0528 e. The highest BCUT2D eigenvalue weighted by molar-refractivity contribution is 5.69. The fourth-order valence-electron chi connectivity index (χ4n) is 1.57. The Morgan fingerprint density at radius 1 is 1.19 bits per heavy atom. The maximum Gasteiger partial charge on any atom is 0.0528 e. The maximum atomic E-state index is 9.47. The van der Waals surface area contributed by atoms with Gasteiger partial charge in [0, 0.05) is 11.0 Å². The summed E-state index contributed by atoms with van der Waals surface area (Å²) in [5.74, 6) is 0. The molecule has 1 heteroatoms. The molecule has 0 amide bonds. The van der Waals surface area contributed by atoms with E-state index in [9.17, 15) is 5.11 Å². The molecule has 1 aromatic carbocycles. The number of rotatable bonds is 3. The molecule has 0 heterocycles. The minimum atomic E-state index is -0.265. The van der Waals surface area contributed by atoms with Crippen LogP contribution in [-0.4, -0.2) is 11.7 Å². The van der Waals surface area contributed by atoms with Gasteiger partial charge < -0.3 is 5.11 Å². The number of hydrogen-bond donors (Lipinski definition) is 1. The highest BCUT2D eigenvalue weighted by Gasteiger charge is 2.23. The zero-order valence-electron chi connectivity index (χ0n) is 10.5. The molecule has 0 saturated carbocycles. The van der Waals surface area contributed by atoms with Crippen molar-refractivity contribution in [2.24, 2.45) is 5.41 Å². The summed E-state index contributed by atoms with van der Waals surface area (Å²) in [7, 11) is 0. The second-order valence-corrected chi connectivity index (χ2v) is 4.91. The van der Waals surface area contributed by atoms with E-state index in [0.717, 1.165) is 16.7 Å². The molecule has 0 fully saturated rings. The van der Waals surface area contributed by atoms with Crippen LogP contribution in [0.4, 0.5) is 0 Å². The lowest BCUT2D eigenvalue weighted by molar-refractivity contribution is 0.207. The summed E-state index contributed by atoms with van der Waals surface area (Å²) >= 11 is 0. The van der Waals surface area contributed by atoms with E-state index >= 15 is 0 Å². The molecular weight excluding hydrogens is 196 g/mol. The lowest BCUT2D eigenvalue weighted by Gasteiger charge is -2.24. The fourth-order valence-corrected chi connectivity index (χ4v) is 1.57. The van der Waals surface area contributed by atoms with Crippen molar-refractivity contribution in [3.05, 3.63) is 47.2 Å². The molecule has 0 aliphatic rings. The summed E-state index contributed by atoms with van der Waals surface area (Å²) in [6, 6.07) is 10.1. The van der Waals surface area contributed by atoms with E-state index in [4.69, 9.17) is 0 Å². The Labute approximate surface area is 98.1 Å². The molecule has 1 N–H and O–H groups in total. The van der Waals surface area contributed by atoms with Gasteiger partial charge in [0.25, 0.3) is 0 Å². The van der Waals surface area contributed by atoms with E-state index in [1.165, 1.54) is 0 Å². The van der Waals surface area contributed by atoms with Crippen molar-refractivity contribution in [3.63, 3.8) is 0 Å². The normalized spacial score (nSPS) is 10.8. The van der Waals surface area contributed by atoms with Gasteiger partial charge in [0.05, 0.1) is 6.61 Å². The topological polar surface area (TPSA) is 20.2 Å². The van der Waals surface area contributed by atoms with Crippen LogP contribution in [0, 0.1) is 5.41 Å². The predicted molar refractivity (Wildman–Crippen MR) is 69.1 cm³/mol. The van der Waals surface area contributed by atoms with Crippen molar-refractivity contribution in [3.8, 4) is 0 Å². The zero-order valence-corrected chi connectivity index (χ0v) is 10.5. The molecule has 1 rings (SSSR count). The predicted octanol–water partition coefficient (Wildman–Crippen LogP) is 3.65. The second-order valence-electron chi connectivity index (χ2n) is 4.91. The van der Waals surface area contributed by atoms with Crippen molar-refractivity contribution < 1.29 is 5.11 Å². The molecule has 0 unspecified atom stereocenters. The van der Waals surface area contributed by atoms with Crippen LogP contribution in [0.15, 0.2) is 41.6 Å². The Morgan fingerprint density at radius 2 is 1.75 bits per heavy atom. The third-order valence-electron chi connectivity index (χ3n) is 2.51. The van der Waals surface area contributed by atoms with Crippen molar-refractivity contribution in [1.82, 2.24) is 0 Å². The van der Waals surface area contributed by atoms with Crippen LogP contribution in [0.25, 0.3) is 5.57 Å². The molecule has 1 aromatic rings. The van der Waals surface area contributed by atoms with Gasteiger partial charge in [0.2, 0.25) is 0 Å². The standard InChI is InChI=1S/C15H20O/c1-12(2)10-14(15(3,4)11-16)13-8-6-5-7-9-13/h5-9,16H,11H2,1-4H3. The molecule has 16 heavy (non-hydrogen) atoms. The van der Waals surface area contributed by atoms with Gasteiger partial charge in [-0.3, -0.25) is 0 Å². The first-order valence-corrected chi connectivity index (χ1v) is 5.58. The fraction of sp³-hybridized carbons (Fsp3) is 0.400. The van der Waals surface area contributed by atoms with Gasteiger partial charge in [-0.25, -0.2) is 0 Å². The van der Waals surface area contributed by atoms with Crippen LogP contribution in [0.5, 0.6) is 0 Å². The summed E-state index contributed by atoms with van der Waals surface area (Å²) in [5.41, 5.74) is 6.41. The van der Waals surface area contributed by atoms with E-state index in [0.29, 0.717) is 0 Å². The minimum absolute atomic E-state index is 0.123. The third kappa shape index (κ3) is 3.10. The highest BCUT2D eigenvalue weighted by atomic mass is 16.3.